The predicted octanol–water partition coefficient (Wildman–Crippen LogP) is 4.11. The molecule has 0 saturated heterocycles. The molecule has 0 aromatic heterocycles. The first-order valence-corrected chi connectivity index (χ1v) is 9.38. The van der Waals surface area contributed by atoms with Gasteiger partial charge >= 0.3 is 0 Å². The highest BCUT2D eigenvalue weighted by Gasteiger charge is 2.22. The summed E-state index contributed by atoms with van der Waals surface area (Å²) in [5.41, 5.74) is 2.61. The highest BCUT2D eigenvalue weighted by atomic mass is 79.9. The van der Waals surface area contributed by atoms with Crippen LogP contribution in [0.5, 0.6) is 17.2 Å². The maximum atomic E-state index is 12.5. The minimum absolute atomic E-state index is 0.161. The lowest BCUT2D eigenvalue weighted by atomic mass is 10.1. The van der Waals surface area contributed by atoms with E-state index in [2.05, 4.69) is 21.2 Å². The fraction of sp³-hybridized carbons (Fsp3) is 0.350. The Morgan fingerprint density at radius 2 is 2.12 bits per heavy atom. The average molecular weight is 420 g/mol. The van der Waals surface area contributed by atoms with Crippen LogP contribution in [0.1, 0.15) is 35.3 Å². The van der Waals surface area contributed by atoms with Crippen LogP contribution >= 0.6 is 15.9 Å². The number of fused-ring (bicyclic) bond motifs is 1. The average Bonchev–Trinajstić information content (AvgIpc) is 2.98. The Balaban J connectivity index is 1.75. The predicted molar refractivity (Wildman–Crippen MR) is 103 cm³/mol. The summed E-state index contributed by atoms with van der Waals surface area (Å²) in [5.74, 6) is 2.19. The van der Waals surface area contributed by atoms with Crippen LogP contribution in [0.4, 0.5) is 0 Å². The van der Waals surface area contributed by atoms with Crippen LogP contribution < -0.4 is 19.5 Å². The third-order valence-electron chi connectivity index (χ3n) is 4.23. The molecule has 26 heavy (non-hydrogen) atoms. The lowest BCUT2D eigenvalue weighted by Gasteiger charge is -2.14. The van der Waals surface area contributed by atoms with Gasteiger partial charge in [-0.05, 0) is 60.1 Å². The second-order valence-corrected chi connectivity index (χ2v) is 7.02. The maximum absolute atomic E-state index is 12.5. The van der Waals surface area contributed by atoms with Crippen molar-refractivity contribution < 1.29 is 19.0 Å². The van der Waals surface area contributed by atoms with Crippen molar-refractivity contribution in [1.29, 1.82) is 0 Å². The SMILES string of the molecule is CCOc1cc2c(cc1CNC(=O)c1ccc(OC)c(Br)c1)OC(C)C2. The molecule has 1 aliphatic heterocycles. The van der Waals surface area contributed by atoms with Gasteiger partial charge in [0.15, 0.2) is 0 Å². The van der Waals surface area contributed by atoms with Gasteiger partial charge < -0.3 is 19.5 Å². The summed E-state index contributed by atoms with van der Waals surface area (Å²) in [6.07, 6.45) is 1.04. The van der Waals surface area contributed by atoms with Crippen molar-refractivity contribution >= 4 is 21.8 Å². The second kappa shape index (κ2) is 7.99. The number of carbonyl (C=O) groups excluding carboxylic acids is 1. The first kappa shape index (κ1) is 18.6. The van der Waals surface area contributed by atoms with E-state index in [1.54, 1.807) is 25.3 Å². The highest BCUT2D eigenvalue weighted by molar-refractivity contribution is 9.10. The van der Waals surface area contributed by atoms with Gasteiger partial charge in [0.25, 0.3) is 5.91 Å². The van der Waals surface area contributed by atoms with Crippen molar-refractivity contribution in [2.75, 3.05) is 13.7 Å². The van der Waals surface area contributed by atoms with Crippen molar-refractivity contribution in [1.82, 2.24) is 5.32 Å². The van der Waals surface area contributed by atoms with Gasteiger partial charge in [-0.1, -0.05) is 0 Å². The number of nitrogens with one attached hydrogen (secondary N) is 1. The van der Waals surface area contributed by atoms with E-state index >= 15 is 0 Å². The monoisotopic (exact) mass is 419 g/mol. The largest absolute Gasteiger partial charge is 0.496 e. The van der Waals surface area contributed by atoms with E-state index in [9.17, 15) is 4.79 Å². The Bertz CT molecular complexity index is 822. The zero-order valence-electron chi connectivity index (χ0n) is 15.1. The van der Waals surface area contributed by atoms with Crippen LogP contribution in [0.15, 0.2) is 34.8 Å². The van der Waals surface area contributed by atoms with E-state index in [1.165, 1.54) is 0 Å². The Hall–Kier alpha value is -2.21. The topological polar surface area (TPSA) is 56.8 Å². The molecule has 1 amide bonds. The van der Waals surface area contributed by atoms with Crippen LogP contribution in [0.3, 0.4) is 0 Å². The summed E-state index contributed by atoms with van der Waals surface area (Å²) in [7, 11) is 1.59. The fourth-order valence-corrected chi connectivity index (χ4v) is 3.54. The minimum Gasteiger partial charge on any atom is -0.496 e. The quantitative estimate of drug-likeness (QED) is 0.765. The molecule has 0 bridgehead atoms. The molecule has 1 aliphatic rings. The number of amides is 1. The van der Waals surface area contributed by atoms with Gasteiger partial charge in [-0.15, -0.1) is 0 Å². The fourth-order valence-electron chi connectivity index (χ4n) is 2.99. The van der Waals surface area contributed by atoms with Gasteiger partial charge in [-0.3, -0.25) is 4.79 Å². The van der Waals surface area contributed by atoms with Gasteiger partial charge in [0.2, 0.25) is 0 Å². The molecule has 1 N–H and O–H groups in total. The Morgan fingerprint density at radius 3 is 2.81 bits per heavy atom. The number of hydrogen-bond acceptors (Lipinski definition) is 4. The van der Waals surface area contributed by atoms with E-state index < -0.39 is 0 Å². The Morgan fingerprint density at radius 1 is 1.31 bits per heavy atom. The van der Waals surface area contributed by atoms with E-state index in [1.807, 2.05) is 26.0 Å². The zero-order chi connectivity index (χ0) is 18.7. The third-order valence-corrected chi connectivity index (χ3v) is 4.85. The first-order chi connectivity index (χ1) is 12.5. The lowest BCUT2D eigenvalue weighted by Crippen LogP contribution is -2.23. The number of rotatable bonds is 6. The standard InChI is InChI=1S/C20H22BrNO4/c1-4-25-18-9-14-7-12(2)26-19(14)10-15(18)11-22-20(23)13-5-6-17(24-3)16(21)8-13/h5-6,8-10,12H,4,7,11H2,1-3H3,(H,22,23). The number of hydrogen-bond donors (Lipinski definition) is 1. The number of halogens is 1. The number of carbonyl (C=O) groups is 1. The number of ether oxygens (including phenoxy) is 3. The molecule has 0 aliphatic carbocycles. The number of benzene rings is 2. The molecule has 1 atom stereocenters. The third kappa shape index (κ3) is 3.96. The van der Waals surface area contributed by atoms with Crippen LogP contribution in [0.25, 0.3) is 0 Å². The molecule has 2 aromatic carbocycles. The smallest absolute Gasteiger partial charge is 0.251 e. The molecule has 0 fully saturated rings. The first-order valence-electron chi connectivity index (χ1n) is 8.58. The molecule has 2 aromatic rings. The second-order valence-electron chi connectivity index (χ2n) is 6.17. The van der Waals surface area contributed by atoms with Crippen LogP contribution in [0, 0.1) is 0 Å². The molecule has 0 saturated carbocycles. The summed E-state index contributed by atoms with van der Waals surface area (Å²) in [5, 5.41) is 2.95. The summed E-state index contributed by atoms with van der Waals surface area (Å²) < 4.78 is 17.5. The molecule has 0 spiro atoms. The van der Waals surface area contributed by atoms with E-state index in [-0.39, 0.29) is 12.0 Å². The van der Waals surface area contributed by atoms with Crippen molar-refractivity contribution in [3.63, 3.8) is 0 Å². The molecule has 5 nitrogen and oxygen atoms in total. The molecular weight excluding hydrogens is 398 g/mol. The molecule has 6 heteroatoms. The van der Waals surface area contributed by atoms with E-state index in [0.29, 0.717) is 24.5 Å². The maximum Gasteiger partial charge on any atom is 0.251 e. The summed E-state index contributed by atoms with van der Waals surface area (Å²) in [6, 6.07) is 9.22. The van der Waals surface area contributed by atoms with E-state index in [4.69, 9.17) is 14.2 Å². The Labute approximate surface area is 161 Å². The lowest BCUT2D eigenvalue weighted by molar-refractivity contribution is 0.0950. The number of methoxy groups -OCH3 is 1. The normalized spacial score (nSPS) is 15.2. The van der Waals surface area contributed by atoms with E-state index in [0.717, 1.165) is 33.5 Å². The van der Waals surface area contributed by atoms with Crippen molar-refractivity contribution in [2.45, 2.75) is 32.9 Å². The van der Waals surface area contributed by atoms with Crippen LogP contribution in [-0.4, -0.2) is 25.7 Å². The summed E-state index contributed by atoms with van der Waals surface area (Å²) in [4.78, 5) is 12.5. The molecule has 0 radical (unpaired) electrons. The van der Waals surface area contributed by atoms with Gasteiger partial charge in [0.05, 0.1) is 18.2 Å². The van der Waals surface area contributed by atoms with Gasteiger partial charge in [-0.2, -0.15) is 0 Å². The summed E-state index contributed by atoms with van der Waals surface area (Å²) in [6.45, 7) is 4.93. The van der Waals surface area contributed by atoms with Gasteiger partial charge in [0, 0.05) is 29.7 Å². The molecule has 3 rings (SSSR count). The van der Waals surface area contributed by atoms with Crippen LogP contribution in [-0.2, 0) is 13.0 Å². The molecule has 1 heterocycles. The molecule has 138 valence electrons. The Kier molecular flexibility index (Phi) is 5.71. The molecule has 1 unspecified atom stereocenters. The molecular formula is C20H22BrNO4. The highest BCUT2D eigenvalue weighted by Crippen LogP contribution is 2.35. The van der Waals surface area contributed by atoms with Gasteiger partial charge in [0.1, 0.15) is 23.4 Å². The van der Waals surface area contributed by atoms with Crippen molar-refractivity contribution in [2.24, 2.45) is 0 Å². The van der Waals surface area contributed by atoms with Crippen LogP contribution in [0.2, 0.25) is 0 Å². The summed E-state index contributed by atoms with van der Waals surface area (Å²) >= 11 is 3.40. The van der Waals surface area contributed by atoms with Gasteiger partial charge in [-0.25, -0.2) is 0 Å². The van der Waals surface area contributed by atoms with Crippen molar-refractivity contribution in [3.8, 4) is 17.2 Å². The van der Waals surface area contributed by atoms with Crippen molar-refractivity contribution in [3.05, 3.63) is 51.5 Å². The minimum atomic E-state index is -0.161. The zero-order valence-corrected chi connectivity index (χ0v) is 16.7.